The fraction of sp³-hybridized carbons (Fsp3) is 0.0968. The van der Waals surface area contributed by atoms with Gasteiger partial charge in [0.15, 0.2) is 11.5 Å². The second kappa shape index (κ2) is 13.2. The summed E-state index contributed by atoms with van der Waals surface area (Å²) in [7, 11) is 1.48. The maximum Gasteiger partial charge on any atom is 0.573 e. The van der Waals surface area contributed by atoms with Crippen molar-refractivity contribution in [3.05, 3.63) is 126 Å². The Hall–Kier alpha value is -5.25. The minimum atomic E-state index is -4.84. The number of carbonyl (C=O) groups is 2. The molecule has 0 aliphatic rings. The van der Waals surface area contributed by atoms with Gasteiger partial charge in [0, 0.05) is 11.3 Å². The number of halogens is 3. The van der Waals surface area contributed by atoms with Crippen molar-refractivity contribution in [2.24, 2.45) is 0 Å². The predicted molar refractivity (Wildman–Crippen MR) is 147 cm³/mol. The van der Waals surface area contributed by atoms with E-state index in [0.29, 0.717) is 29.2 Å². The van der Waals surface area contributed by atoms with Crippen LogP contribution in [0.2, 0.25) is 0 Å². The molecule has 0 aliphatic carbocycles. The number of rotatable bonds is 10. The van der Waals surface area contributed by atoms with Crippen LogP contribution in [0.1, 0.15) is 21.5 Å². The first-order valence-corrected chi connectivity index (χ1v) is 12.3. The summed E-state index contributed by atoms with van der Waals surface area (Å²) in [5, 5.41) is 5.18. The minimum absolute atomic E-state index is 0.116. The molecule has 7 nitrogen and oxygen atoms in total. The quantitative estimate of drug-likeness (QED) is 0.213. The third-order valence-corrected chi connectivity index (χ3v) is 5.61. The number of carbonyl (C=O) groups excluding carboxylic acids is 2. The van der Waals surface area contributed by atoms with Crippen molar-refractivity contribution in [3.8, 4) is 17.2 Å². The lowest BCUT2D eigenvalue weighted by Crippen LogP contribution is -2.30. The Bertz CT molecular complexity index is 1510. The Morgan fingerprint density at radius 3 is 2.12 bits per heavy atom. The molecule has 210 valence electrons. The van der Waals surface area contributed by atoms with E-state index in [0.717, 1.165) is 17.7 Å². The number of nitrogens with one attached hydrogen (secondary N) is 2. The number of hydrogen-bond donors (Lipinski definition) is 2. The predicted octanol–water partition coefficient (Wildman–Crippen LogP) is 6.58. The van der Waals surface area contributed by atoms with E-state index in [9.17, 15) is 22.8 Å². The van der Waals surface area contributed by atoms with Gasteiger partial charge in [-0.25, -0.2) is 0 Å². The van der Waals surface area contributed by atoms with Gasteiger partial charge in [0.25, 0.3) is 11.8 Å². The molecule has 2 N–H and O–H groups in total. The van der Waals surface area contributed by atoms with Crippen molar-refractivity contribution in [2.75, 3.05) is 12.4 Å². The van der Waals surface area contributed by atoms with Crippen LogP contribution in [0.4, 0.5) is 18.9 Å². The van der Waals surface area contributed by atoms with E-state index in [2.05, 4.69) is 15.4 Å². The SMILES string of the molecule is COc1cc(C=C(NC(=O)c2ccccc2)C(=O)Nc2ccc(OC(F)(F)F)cc2)ccc1OCc1ccccc1. The van der Waals surface area contributed by atoms with Crippen LogP contribution in [0.15, 0.2) is 109 Å². The molecule has 2 amide bonds. The van der Waals surface area contributed by atoms with Crippen LogP contribution in [-0.4, -0.2) is 25.3 Å². The van der Waals surface area contributed by atoms with Crippen molar-refractivity contribution in [1.29, 1.82) is 0 Å². The molecule has 0 unspecified atom stereocenters. The Balaban J connectivity index is 1.57. The van der Waals surface area contributed by atoms with Gasteiger partial charge in [-0.1, -0.05) is 54.6 Å². The molecule has 4 aromatic rings. The molecule has 4 aromatic carbocycles. The molecule has 41 heavy (non-hydrogen) atoms. The van der Waals surface area contributed by atoms with Crippen molar-refractivity contribution >= 4 is 23.6 Å². The van der Waals surface area contributed by atoms with Gasteiger partial charge < -0.3 is 24.8 Å². The first kappa shape index (κ1) is 28.8. The number of ether oxygens (including phenoxy) is 3. The lowest BCUT2D eigenvalue weighted by Gasteiger charge is -2.14. The molecule has 0 fully saturated rings. The van der Waals surface area contributed by atoms with Crippen LogP contribution in [0.25, 0.3) is 6.08 Å². The topological polar surface area (TPSA) is 85.9 Å². The van der Waals surface area contributed by atoms with Crippen molar-refractivity contribution in [1.82, 2.24) is 5.32 Å². The zero-order valence-electron chi connectivity index (χ0n) is 21.8. The lowest BCUT2D eigenvalue weighted by molar-refractivity contribution is -0.274. The summed E-state index contributed by atoms with van der Waals surface area (Å²) in [6.45, 7) is 0.319. The van der Waals surface area contributed by atoms with Crippen LogP contribution >= 0.6 is 0 Å². The highest BCUT2D eigenvalue weighted by Gasteiger charge is 2.31. The molecule has 0 bridgehead atoms. The summed E-state index contributed by atoms with van der Waals surface area (Å²) in [5.41, 5.74) is 1.88. The second-order valence-corrected chi connectivity index (χ2v) is 8.59. The number of amides is 2. The Morgan fingerprint density at radius 1 is 0.829 bits per heavy atom. The third kappa shape index (κ3) is 8.62. The highest BCUT2D eigenvalue weighted by atomic mass is 19.4. The monoisotopic (exact) mass is 562 g/mol. The van der Waals surface area contributed by atoms with Crippen molar-refractivity contribution in [2.45, 2.75) is 13.0 Å². The second-order valence-electron chi connectivity index (χ2n) is 8.59. The number of methoxy groups -OCH3 is 1. The Labute approximate surface area is 234 Å². The van der Waals surface area contributed by atoms with E-state index in [1.54, 1.807) is 48.5 Å². The average molecular weight is 563 g/mol. The molecular formula is C31H25F3N2O5. The van der Waals surface area contributed by atoms with Gasteiger partial charge in [-0.3, -0.25) is 9.59 Å². The highest BCUT2D eigenvalue weighted by molar-refractivity contribution is 6.10. The van der Waals surface area contributed by atoms with Gasteiger partial charge in [-0.05, 0) is 65.7 Å². The molecule has 0 radical (unpaired) electrons. The molecule has 4 rings (SSSR count). The Morgan fingerprint density at radius 2 is 1.49 bits per heavy atom. The third-order valence-electron chi connectivity index (χ3n) is 5.61. The van der Waals surface area contributed by atoms with Gasteiger partial charge in [0.05, 0.1) is 7.11 Å². The van der Waals surface area contributed by atoms with Gasteiger partial charge in [0.1, 0.15) is 18.1 Å². The zero-order valence-corrected chi connectivity index (χ0v) is 21.8. The molecular weight excluding hydrogens is 537 g/mol. The van der Waals surface area contributed by atoms with Crippen LogP contribution in [0.3, 0.4) is 0 Å². The van der Waals surface area contributed by atoms with Crippen LogP contribution in [0.5, 0.6) is 17.2 Å². The summed E-state index contributed by atoms with van der Waals surface area (Å²) in [6.07, 6.45) is -3.40. The lowest BCUT2D eigenvalue weighted by atomic mass is 10.1. The molecule has 0 aromatic heterocycles. The fourth-order valence-electron chi connectivity index (χ4n) is 3.68. The Kier molecular flexibility index (Phi) is 9.26. The average Bonchev–Trinajstić information content (AvgIpc) is 2.97. The fourth-order valence-corrected chi connectivity index (χ4v) is 3.68. The first-order valence-electron chi connectivity index (χ1n) is 12.3. The number of anilines is 1. The summed E-state index contributed by atoms with van der Waals surface area (Å²) >= 11 is 0. The van der Waals surface area contributed by atoms with E-state index >= 15 is 0 Å². The maximum atomic E-state index is 13.2. The molecule has 0 atom stereocenters. The first-order chi connectivity index (χ1) is 19.7. The zero-order chi connectivity index (χ0) is 29.2. The van der Waals surface area contributed by atoms with Crippen LogP contribution < -0.4 is 24.8 Å². The summed E-state index contributed by atoms with van der Waals surface area (Å²) in [5.74, 6) is -0.791. The number of benzene rings is 4. The van der Waals surface area contributed by atoms with Gasteiger partial charge in [-0.15, -0.1) is 13.2 Å². The van der Waals surface area contributed by atoms with Crippen LogP contribution in [0, 0.1) is 0 Å². The van der Waals surface area contributed by atoms with E-state index in [-0.39, 0.29) is 11.4 Å². The number of hydrogen-bond acceptors (Lipinski definition) is 5. The summed E-state index contributed by atoms with van der Waals surface area (Å²) in [4.78, 5) is 26.1. The van der Waals surface area contributed by atoms with Crippen molar-refractivity contribution in [3.63, 3.8) is 0 Å². The minimum Gasteiger partial charge on any atom is -0.493 e. The highest BCUT2D eigenvalue weighted by Crippen LogP contribution is 2.30. The van der Waals surface area contributed by atoms with Crippen LogP contribution in [-0.2, 0) is 11.4 Å². The van der Waals surface area contributed by atoms with E-state index in [4.69, 9.17) is 9.47 Å². The largest absolute Gasteiger partial charge is 0.573 e. The normalized spacial score (nSPS) is 11.4. The number of alkyl halides is 3. The van der Waals surface area contributed by atoms with Crippen molar-refractivity contribution < 1.29 is 37.0 Å². The summed E-state index contributed by atoms with van der Waals surface area (Å²) in [6, 6.07) is 27.5. The van der Waals surface area contributed by atoms with E-state index in [1.807, 2.05) is 30.3 Å². The molecule has 10 heteroatoms. The molecule has 0 saturated carbocycles. The van der Waals surface area contributed by atoms with Gasteiger partial charge in [-0.2, -0.15) is 0 Å². The molecule has 0 heterocycles. The molecule has 0 spiro atoms. The standard InChI is InChI=1S/C31H25F3N2O5/c1-39-28-19-22(12-17-27(28)40-20-21-8-4-2-5-9-21)18-26(36-29(37)23-10-6-3-7-11-23)30(38)35-24-13-15-25(16-14-24)41-31(32,33)34/h2-19H,20H2,1H3,(H,35,38)(H,36,37). The smallest absolute Gasteiger partial charge is 0.493 e. The van der Waals surface area contributed by atoms with Gasteiger partial charge in [0.2, 0.25) is 0 Å². The van der Waals surface area contributed by atoms with Gasteiger partial charge >= 0.3 is 6.36 Å². The van der Waals surface area contributed by atoms with E-state index in [1.165, 1.54) is 25.3 Å². The summed E-state index contributed by atoms with van der Waals surface area (Å²) < 4.78 is 52.6. The maximum absolute atomic E-state index is 13.2. The molecule has 0 aliphatic heterocycles. The molecule has 0 saturated heterocycles. The van der Waals surface area contributed by atoms with E-state index < -0.39 is 23.9 Å².